The lowest BCUT2D eigenvalue weighted by molar-refractivity contribution is 0.104. The van der Waals surface area contributed by atoms with Crippen LogP contribution in [-0.2, 0) is 0 Å². The number of ether oxygens (including phenoxy) is 4. The summed E-state index contributed by atoms with van der Waals surface area (Å²) in [5, 5.41) is 0.534. The van der Waals surface area contributed by atoms with E-state index in [0.29, 0.717) is 33.8 Å². The molecule has 0 aliphatic heterocycles. The van der Waals surface area contributed by atoms with Gasteiger partial charge >= 0.3 is 5.63 Å². The summed E-state index contributed by atoms with van der Waals surface area (Å²) in [6, 6.07) is 17.7. The van der Waals surface area contributed by atoms with Gasteiger partial charge in [0.1, 0.15) is 34.1 Å². The molecule has 7 nitrogen and oxygen atoms in total. The lowest BCUT2D eigenvalue weighted by Gasteiger charge is -2.11. The molecule has 0 amide bonds. The van der Waals surface area contributed by atoms with Crippen LogP contribution in [0, 0.1) is 0 Å². The second-order valence-electron chi connectivity index (χ2n) is 7.96. The zero-order valence-electron chi connectivity index (χ0n) is 20.9. The zero-order chi connectivity index (χ0) is 26.4. The molecule has 4 aromatic rings. The van der Waals surface area contributed by atoms with E-state index in [1.165, 1.54) is 26.4 Å². The molecule has 0 N–H and O–H groups in total. The Labute approximate surface area is 214 Å². The van der Waals surface area contributed by atoms with Crippen molar-refractivity contribution < 1.29 is 28.2 Å². The maximum absolute atomic E-state index is 13.1. The van der Waals surface area contributed by atoms with Gasteiger partial charge in [-0.05, 0) is 59.7 Å². The Morgan fingerprint density at radius 2 is 1.49 bits per heavy atom. The third kappa shape index (κ3) is 5.56. The standard InChI is InChI=1S/C30H26O7/c1-33-21-12-9-19(10-13-21)8-11-20-16-22(34-2)17-29(36-4)23(20)14-15-26(31)24-18-25-27(35-3)6-5-7-28(25)37-30(24)32/h5-18H,1-4H3/b11-8?,15-14+. The van der Waals surface area contributed by atoms with E-state index in [2.05, 4.69) is 0 Å². The van der Waals surface area contributed by atoms with Gasteiger partial charge in [0.15, 0.2) is 5.78 Å². The monoisotopic (exact) mass is 498 g/mol. The second-order valence-corrected chi connectivity index (χ2v) is 7.96. The quantitative estimate of drug-likeness (QED) is 0.123. The maximum atomic E-state index is 13.1. The summed E-state index contributed by atoms with van der Waals surface area (Å²) in [5.41, 5.74) is 1.87. The minimum atomic E-state index is -0.725. The van der Waals surface area contributed by atoms with Crippen LogP contribution >= 0.6 is 0 Å². The molecule has 0 aliphatic rings. The van der Waals surface area contributed by atoms with Gasteiger partial charge in [0.25, 0.3) is 0 Å². The third-order valence-corrected chi connectivity index (χ3v) is 5.80. The summed E-state index contributed by atoms with van der Waals surface area (Å²) in [5.74, 6) is 1.85. The van der Waals surface area contributed by atoms with Crippen LogP contribution in [0.3, 0.4) is 0 Å². The fraction of sp³-hybridized carbons (Fsp3) is 0.133. The van der Waals surface area contributed by atoms with Crippen LogP contribution in [0.25, 0.3) is 29.2 Å². The number of rotatable bonds is 9. The van der Waals surface area contributed by atoms with Gasteiger partial charge in [0.05, 0.1) is 33.8 Å². The molecule has 0 spiro atoms. The third-order valence-electron chi connectivity index (χ3n) is 5.80. The fourth-order valence-electron chi connectivity index (χ4n) is 3.84. The zero-order valence-corrected chi connectivity index (χ0v) is 20.9. The van der Waals surface area contributed by atoms with Gasteiger partial charge in [-0.15, -0.1) is 0 Å². The van der Waals surface area contributed by atoms with E-state index < -0.39 is 11.4 Å². The van der Waals surface area contributed by atoms with Crippen molar-refractivity contribution in [2.45, 2.75) is 0 Å². The highest BCUT2D eigenvalue weighted by molar-refractivity contribution is 6.08. The number of hydrogen-bond acceptors (Lipinski definition) is 7. The van der Waals surface area contributed by atoms with Crippen LogP contribution in [0.4, 0.5) is 0 Å². The van der Waals surface area contributed by atoms with Gasteiger partial charge in [0, 0.05) is 11.6 Å². The lowest BCUT2D eigenvalue weighted by atomic mass is 10.0. The van der Waals surface area contributed by atoms with Gasteiger partial charge < -0.3 is 23.4 Å². The predicted molar refractivity (Wildman–Crippen MR) is 144 cm³/mol. The normalized spacial score (nSPS) is 11.2. The molecule has 0 bridgehead atoms. The molecule has 4 rings (SSSR count). The summed E-state index contributed by atoms with van der Waals surface area (Å²) >= 11 is 0. The molecule has 0 fully saturated rings. The molecule has 0 aliphatic carbocycles. The molecule has 1 heterocycles. The number of allylic oxidation sites excluding steroid dienone is 1. The minimum absolute atomic E-state index is 0.101. The number of carbonyl (C=O) groups is 1. The number of carbonyl (C=O) groups excluding carboxylic acids is 1. The second kappa shape index (κ2) is 11.3. The number of ketones is 1. The molecule has 0 atom stereocenters. The Balaban J connectivity index is 1.73. The molecule has 0 radical (unpaired) electrons. The van der Waals surface area contributed by atoms with Gasteiger partial charge in [-0.2, -0.15) is 0 Å². The number of benzene rings is 3. The molecular weight excluding hydrogens is 472 g/mol. The van der Waals surface area contributed by atoms with Gasteiger partial charge in [-0.1, -0.05) is 30.4 Å². The molecular formula is C30H26O7. The van der Waals surface area contributed by atoms with Crippen molar-refractivity contribution in [2.24, 2.45) is 0 Å². The van der Waals surface area contributed by atoms with Crippen molar-refractivity contribution in [3.63, 3.8) is 0 Å². The first kappa shape index (κ1) is 25.3. The van der Waals surface area contributed by atoms with E-state index in [-0.39, 0.29) is 5.56 Å². The summed E-state index contributed by atoms with van der Waals surface area (Å²) in [6.45, 7) is 0. The molecule has 0 unspecified atom stereocenters. The van der Waals surface area contributed by atoms with Crippen LogP contribution < -0.4 is 24.6 Å². The summed E-state index contributed by atoms with van der Waals surface area (Å²) in [7, 11) is 6.23. The molecule has 1 aromatic heterocycles. The first-order chi connectivity index (χ1) is 18.0. The highest BCUT2D eigenvalue weighted by Crippen LogP contribution is 2.32. The van der Waals surface area contributed by atoms with Crippen molar-refractivity contribution in [2.75, 3.05) is 28.4 Å². The van der Waals surface area contributed by atoms with Crippen molar-refractivity contribution in [3.8, 4) is 23.0 Å². The van der Waals surface area contributed by atoms with E-state index in [0.717, 1.165) is 16.9 Å². The minimum Gasteiger partial charge on any atom is -0.497 e. The van der Waals surface area contributed by atoms with Crippen LogP contribution in [0.1, 0.15) is 27.0 Å². The van der Waals surface area contributed by atoms with Crippen molar-refractivity contribution in [1.29, 1.82) is 0 Å². The Hall–Kier alpha value is -4.78. The largest absolute Gasteiger partial charge is 0.497 e. The van der Waals surface area contributed by atoms with Crippen molar-refractivity contribution >= 4 is 35.0 Å². The average molecular weight is 499 g/mol. The summed E-state index contributed by atoms with van der Waals surface area (Å²) in [4.78, 5) is 25.6. The topological polar surface area (TPSA) is 84.2 Å². The van der Waals surface area contributed by atoms with Gasteiger partial charge in [0.2, 0.25) is 0 Å². The number of hydrogen-bond donors (Lipinski definition) is 0. The summed E-state index contributed by atoms with van der Waals surface area (Å²) in [6.07, 6.45) is 6.76. The van der Waals surface area contributed by atoms with Crippen molar-refractivity contribution in [1.82, 2.24) is 0 Å². The Morgan fingerprint density at radius 1 is 0.757 bits per heavy atom. The highest BCUT2D eigenvalue weighted by Gasteiger charge is 2.15. The van der Waals surface area contributed by atoms with Gasteiger partial charge in [-0.3, -0.25) is 4.79 Å². The van der Waals surface area contributed by atoms with Gasteiger partial charge in [-0.25, -0.2) is 4.79 Å². The van der Waals surface area contributed by atoms with Crippen LogP contribution in [0.15, 0.2) is 76.0 Å². The average Bonchev–Trinajstić information content (AvgIpc) is 2.93. The first-order valence-electron chi connectivity index (χ1n) is 11.4. The van der Waals surface area contributed by atoms with E-state index in [4.69, 9.17) is 23.4 Å². The molecule has 188 valence electrons. The van der Waals surface area contributed by atoms with Crippen molar-refractivity contribution in [3.05, 3.63) is 99.4 Å². The van der Waals surface area contributed by atoms with Crippen LogP contribution in [-0.4, -0.2) is 34.2 Å². The smallest absolute Gasteiger partial charge is 0.347 e. The Bertz CT molecular complexity index is 1540. The molecule has 0 saturated heterocycles. The molecule has 37 heavy (non-hydrogen) atoms. The highest BCUT2D eigenvalue weighted by atomic mass is 16.5. The van der Waals surface area contributed by atoms with E-state index in [1.54, 1.807) is 44.6 Å². The fourth-order valence-corrected chi connectivity index (χ4v) is 3.84. The van der Waals surface area contributed by atoms with Crippen LogP contribution in [0.2, 0.25) is 0 Å². The molecule has 7 heteroatoms. The first-order valence-corrected chi connectivity index (χ1v) is 11.4. The Morgan fingerprint density at radius 3 is 2.16 bits per heavy atom. The number of methoxy groups -OCH3 is 4. The summed E-state index contributed by atoms with van der Waals surface area (Å²) < 4.78 is 26.9. The van der Waals surface area contributed by atoms with E-state index in [9.17, 15) is 9.59 Å². The van der Waals surface area contributed by atoms with E-state index in [1.807, 2.05) is 42.5 Å². The molecule has 3 aromatic carbocycles. The lowest BCUT2D eigenvalue weighted by Crippen LogP contribution is -2.12. The predicted octanol–water partition coefficient (Wildman–Crippen LogP) is 5.89. The van der Waals surface area contributed by atoms with E-state index >= 15 is 0 Å². The Kier molecular flexibility index (Phi) is 7.74. The van der Waals surface area contributed by atoms with Crippen LogP contribution in [0.5, 0.6) is 23.0 Å². The SMILES string of the molecule is COc1ccc(C=Cc2cc(OC)cc(OC)c2/C=C/C(=O)c2cc3c(OC)cccc3oc2=O)cc1. The number of fused-ring (bicyclic) bond motifs is 1. The maximum Gasteiger partial charge on any atom is 0.347 e. The molecule has 0 saturated carbocycles.